The van der Waals surface area contributed by atoms with Crippen LogP contribution in [0.15, 0.2) is 18.2 Å². The van der Waals surface area contributed by atoms with Gasteiger partial charge in [-0.25, -0.2) is 4.79 Å². The number of likely N-dealkylation sites (N-methyl/N-ethyl adjacent to an activating group) is 1. The van der Waals surface area contributed by atoms with E-state index in [2.05, 4.69) is 5.32 Å². The second-order valence-corrected chi connectivity index (χ2v) is 4.60. The quantitative estimate of drug-likeness (QED) is 0.601. The highest BCUT2D eigenvalue weighted by Crippen LogP contribution is 2.26. The topological polar surface area (TPSA) is 95.7 Å². The fourth-order valence-electron chi connectivity index (χ4n) is 1.80. The molecule has 0 amide bonds. The van der Waals surface area contributed by atoms with Crippen molar-refractivity contribution in [1.82, 2.24) is 4.90 Å². The Morgan fingerprint density at radius 3 is 2.63 bits per heavy atom. The maximum Gasteiger partial charge on any atom is 0.335 e. The summed E-state index contributed by atoms with van der Waals surface area (Å²) in [5.74, 6) is -1.11. The zero-order valence-corrected chi connectivity index (χ0v) is 11.1. The van der Waals surface area contributed by atoms with Gasteiger partial charge in [-0.1, -0.05) is 0 Å². The summed E-state index contributed by atoms with van der Waals surface area (Å²) in [4.78, 5) is 23.2. The summed E-state index contributed by atoms with van der Waals surface area (Å²) in [5, 5.41) is 22.8. The van der Waals surface area contributed by atoms with Gasteiger partial charge in [0.15, 0.2) is 0 Å². The number of carboxylic acids is 1. The number of carbonyl (C=O) groups is 1. The molecule has 1 atom stereocenters. The molecule has 2 N–H and O–H groups in total. The molecule has 0 saturated carbocycles. The van der Waals surface area contributed by atoms with Gasteiger partial charge in [0.05, 0.1) is 10.5 Å². The van der Waals surface area contributed by atoms with Crippen LogP contribution in [0.4, 0.5) is 11.4 Å². The first kappa shape index (κ1) is 14.9. The molecule has 19 heavy (non-hydrogen) atoms. The van der Waals surface area contributed by atoms with Gasteiger partial charge in [0.1, 0.15) is 5.69 Å². The van der Waals surface area contributed by atoms with Gasteiger partial charge in [0.25, 0.3) is 5.69 Å². The molecule has 0 aliphatic rings. The van der Waals surface area contributed by atoms with Crippen LogP contribution < -0.4 is 5.32 Å². The molecule has 0 aromatic heterocycles. The first-order chi connectivity index (χ1) is 8.81. The number of nitro groups is 1. The number of nitrogens with zero attached hydrogens (tertiary/aromatic N) is 2. The highest BCUT2D eigenvalue weighted by atomic mass is 16.6. The predicted octanol–water partition coefficient (Wildman–Crippen LogP) is 1.65. The Morgan fingerprint density at radius 1 is 1.53 bits per heavy atom. The van der Waals surface area contributed by atoms with E-state index < -0.39 is 10.9 Å². The van der Waals surface area contributed by atoms with Crippen molar-refractivity contribution in [2.24, 2.45) is 0 Å². The van der Waals surface area contributed by atoms with Crippen LogP contribution in [0.3, 0.4) is 0 Å². The van der Waals surface area contributed by atoms with E-state index in [9.17, 15) is 14.9 Å². The predicted molar refractivity (Wildman–Crippen MR) is 71.7 cm³/mol. The highest BCUT2D eigenvalue weighted by Gasteiger charge is 2.18. The largest absolute Gasteiger partial charge is 0.478 e. The number of anilines is 1. The van der Waals surface area contributed by atoms with Crippen LogP contribution in [0.5, 0.6) is 0 Å². The molecule has 0 bridgehead atoms. The van der Waals surface area contributed by atoms with Crippen molar-refractivity contribution in [1.29, 1.82) is 0 Å². The van der Waals surface area contributed by atoms with Gasteiger partial charge >= 0.3 is 5.97 Å². The van der Waals surface area contributed by atoms with Gasteiger partial charge in [0.2, 0.25) is 0 Å². The van der Waals surface area contributed by atoms with Crippen molar-refractivity contribution in [3.63, 3.8) is 0 Å². The molecule has 7 heteroatoms. The number of rotatable bonds is 6. The van der Waals surface area contributed by atoms with Gasteiger partial charge < -0.3 is 15.3 Å². The van der Waals surface area contributed by atoms with Crippen LogP contribution >= 0.6 is 0 Å². The Bertz CT molecular complexity index is 488. The molecule has 7 nitrogen and oxygen atoms in total. The lowest BCUT2D eigenvalue weighted by Gasteiger charge is -2.19. The molecule has 1 unspecified atom stereocenters. The number of nitrogens with one attached hydrogen (secondary N) is 1. The summed E-state index contributed by atoms with van der Waals surface area (Å²) in [6.45, 7) is 2.55. The van der Waals surface area contributed by atoms with Crippen LogP contribution in [0.1, 0.15) is 17.3 Å². The monoisotopic (exact) mass is 267 g/mol. The third kappa shape index (κ3) is 4.22. The molecule has 0 spiro atoms. The van der Waals surface area contributed by atoms with E-state index in [4.69, 9.17) is 5.11 Å². The molecule has 0 saturated heterocycles. The maximum absolute atomic E-state index is 10.9. The van der Waals surface area contributed by atoms with Crippen molar-refractivity contribution in [2.75, 3.05) is 26.0 Å². The third-order valence-corrected chi connectivity index (χ3v) is 2.48. The first-order valence-electron chi connectivity index (χ1n) is 5.74. The molecule has 104 valence electrons. The molecule has 1 aromatic rings. The normalized spacial score (nSPS) is 12.2. The van der Waals surface area contributed by atoms with Crippen molar-refractivity contribution in [2.45, 2.75) is 13.0 Å². The highest BCUT2D eigenvalue weighted by molar-refractivity contribution is 5.90. The summed E-state index contributed by atoms with van der Waals surface area (Å²) in [6, 6.07) is 3.67. The summed E-state index contributed by atoms with van der Waals surface area (Å²) in [6.07, 6.45) is 0. The van der Waals surface area contributed by atoms with Crippen molar-refractivity contribution in [3.05, 3.63) is 33.9 Å². The molecule has 0 aliphatic heterocycles. The number of aromatic carboxylic acids is 1. The summed E-state index contributed by atoms with van der Waals surface area (Å²) >= 11 is 0. The molecule has 1 rings (SSSR count). The van der Waals surface area contributed by atoms with Gasteiger partial charge in [0, 0.05) is 18.7 Å². The zero-order valence-electron chi connectivity index (χ0n) is 11.1. The molecule has 0 aliphatic carbocycles. The van der Waals surface area contributed by atoms with Crippen LogP contribution in [-0.4, -0.2) is 47.6 Å². The molecule has 0 fully saturated rings. The number of nitro benzene ring substituents is 1. The van der Waals surface area contributed by atoms with Gasteiger partial charge in [-0.2, -0.15) is 0 Å². The summed E-state index contributed by atoms with van der Waals surface area (Å²) < 4.78 is 0. The van der Waals surface area contributed by atoms with E-state index in [-0.39, 0.29) is 23.0 Å². The second kappa shape index (κ2) is 6.14. The van der Waals surface area contributed by atoms with Gasteiger partial charge in [-0.3, -0.25) is 10.1 Å². The van der Waals surface area contributed by atoms with Crippen LogP contribution in [0.25, 0.3) is 0 Å². The van der Waals surface area contributed by atoms with E-state index in [0.717, 1.165) is 0 Å². The standard InChI is InChI=1S/C12H17N3O4/c1-8(7-14(2)3)13-10-6-9(12(16)17)4-5-11(10)15(18)19/h4-6,8,13H,7H2,1-3H3,(H,16,17). The minimum Gasteiger partial charge on any atom is -0.478 e. The minimum atomic E-state index is -1.11. The SMILES string of the molecule is CC(CN(C)C)Nc1cc(C(=O)O)ccc1[N+](=O)[O-]. The molecule has 1 aromatic carbocycles. The van der Waals surface area contributed by atoms with Crippen molar-refractivity contribution in [3.8, 4) is 0 Å². The fraction of sp³-hybridized carbons (Fsp3) is 0.417. The first-order valence-corrected chi connectivity index (χ1v) is 5.74. The zero-order chi connectivity index (χ0) is 14.6. The van der Waals surface area contributed by atoms with Crippen LogP contribution in [-0.2, 0) is 0 Å². The Morgan fingerprint density at radius 2 is 2.16 bits per heavy atom. The number of carboxylic acid groups (broad SMARTS) is 1. The smallest absolute Gasteiger partial charge is 0.335 e. The molecule has 0 radical (unpaired) electrons. The Kier molecular flexibility index (Phi) is 4.82. The Hall–Kier alpha value is -2.15. The van der Waals surface area contributed by atoms with Crippen molar-refractivity contribution < 1.29 is 14.8 Å². The number of hydrogen-bond acceptors (Lipinski definition) is 5. The van der Waals surface area contributed by atoms with E-state index in [1.807, 2.05) is 25.9 Å². The average molecular weight is 267 g/mol. The fourth-order valence-corrected chi connectivity index (χ4v) is 1.80. The lowest BCUT2D eigenvalue weighted by molar-refractivity contribution is -0.384. The third-order valence-electron chi connectivity index (χ3n) is 2.48. The van der Waals surface area contributed by atoms with E-state index in [1.165, 1.54) is 18.2 Å². The summed E-state index contributed by atoms with van der Waals surface area (Å²) in [5.41, 5.74) is 0.111. The average Bonchev–Trinajstić information content (AvgIpc) is 2.26. The maximum atomic E-state index is 10.9. The number of hydrogen-bond donors (Lipinski definition) is 2. The van der Waals surface area contributed by atoms with Crippen LogP contribution in [0, 0.1) is 10.1 Å². The van der Waals surface area contributed by atoms with Crippen molar-refractivity contribution >= 4 is 17.3 Å². The van der Waals surface area contributed by atoms with Gasteiger partial charge in [-0.05, 0) is 33.2 Å². The van der Waals surface area contributed by atoms with Gasteiger partial charge in [-0.15, -0.1) is 0 Å². The summed E-state index contributed by atoms with van der Waals surface area (Å²) in [7, 11) is 3.78. The van der Waals surface area contributed by atoms with Crippen LogP contribution in [0.2, 0.25) is 0 Å². The lowest BCUT2D eigenvalue weighted by atomic mass is 10.1. The molecule has 0 heterocycles. The van der Waals surface area contributed by atoms with E-state index in [0.29, 0.717) is 6.54 Å². The molecular formula is C12H17N3O4. The Labute approximate surface area is 111 Å². The van der Waals surface area contributed by atoms with E-state index >= 15 is 0 Å². The molecular weight excluding hydrogens is 250 g/mol. The lowest BCUT2D eigenvalue weighted by Crippen LogP contribution is -2.29. The second-order valence-electron chi connectivity index (χ2n) is 4.60. The van der Waals surface area contributed by atoms with E-state index in [1.54, 1.807) is 0 Å². The number of benzene rings is 1. The Balaban J connectivity index is 3.04. The minimum absolute atomic E-state index is 0.0187.